The monoisotopic (exact) mass is 273 g/mol. The number of carbonyl (C=O) groups excluding carboxylic acids is 1. The average Bonchev–Trinajstić information content (AvgIpc) is 2.28. The van der Waals surface area contributed by atoms with Crippen LogP contribution in [0.25, 0.3) is 0 Å². The summed E-state index contributed by atoms with van der Waals surface area (Å²) in [6.45, 7) is -0.854. The maximum absolute atomic E-state index is 11.4. The molecule has 6 nitrogen and oxygen atoms in total. The second-order valence-electron chi connectivity index (χ2n) is 3.28. The smallest absolute Gasteiger partial charge is 0.329 e. The third kappa shape index (κ3) is 4.60. The van der Waals surface area contributed by atoms with Crippen molar-refractivity contribution in [3.8, 4) is 5.75 Å². The third-order valence-corrected chi connectivity index (χ3v) is 2.19. The van der Waals surface area contributed by atoms with Gasteiger partial charge in [-0.25, -0.2) is 4.79 Å². The summed E-state index contributed by atoms with van der Waals surface area (Å²) in [5.74, 6) is -1.09. The molecule has 0 aliphatic heterocycles. The first-order chi connectivity index (χ1) is 8.52. The van der Waals surface area contributed by atoms with Crippen LogP contribution in [0.15, 0.2) is 18.2 Å². The van der Waals surface area contributed by atoms with Gasteiger partial charge in [0.05, 0.1) is 12.1 Å². The summed E-state index contributed by atoms with van der Waals surface area (Å²) in [4.78, 5) is 21.5. The Bertz CT molecular complexity index is 449. The lowest BCUT2D eigenvalue weighted by Gasteiger charge is -2.07. The van der Waals surface area contributed by atoms with E-state index in [9.17, 15) is 9.59 Å². The molecule has 0 aromatic heterocycles. The van der Waals surface area contributed by atoms with Crippen molar-refractivity contribution in [3.63, 3.8) is 0 Å². The van der Waals surface area contributed by atoms with Crippen molar-refractivity contribution < 1.29 is 24.2 Å². The molecule has 0 saturated heterocycles. The molecule has 1 aromatic carbocycles. The molecule has 2 N–H and O–H groups in total. The molecule has 1 aromatic rings. The number of nitrogens with one attached hydrogen (secondary N) is 1. The molecule has 0 radical (unpaired) electrons. The highest BCUT2D eigenvalue weighted by Crippen LogP contribution is 2.27. The van der Waals surface area contributed by atoms with Crippen LogP contribution in [0, 0.1) is 0 Å². The Labute approximate surface area is 108 Å². The van der Waals surface area contributed by atoms with Crippen LogP contribution in [0.2, 0.25) is 5.02 Å². The SMILES string of the molecule is COc1ccc(NC(=O)COCC(=O)O)cc1Cl. The minimum Gasteiger partial charge on any atom is -0.495 e. The lowest BCUT2D eigenvalue weighted by atomic mass is 10.3. The molecule has 0 heterocycles. The fourth-order valence-electron chi connectivity index (χ4n) is 1.17. The number of benzene rings is 1. The van der Waals surface area contributed by atoms with Gasteiger partial charge >= 0.3 is 5.97 Å². The molecule has 0 unspecified atom stereocenters. The Hall–Kier alpha value is -1.79. The van der Waals surface area contributed by atoms with E-state index in [1.165, 1.54) is 13.2 Å². The van der Waals surface area contributed by atoms with Crippen molar-refractivity contribution in [1.82, 2.24) is 0 Å². The second-order valence-corrected chi connectivity index (χ2v) is 3.69. The summed E-state index contributed by atoms with van der Waals surface area (Å²) in [6.07, 6.45) is 0. The number of anilines is 1. The fourth-order valence-corrected chi connectivity index (χ4v) is 1.43. The standard InChI is InChI=1S/C11H12ClNO5/c1-17-9-3-2-7(4-8(9)12)13-10(14)5-18-6-11(15)16/h2-4H,5-6H2,1H3,(H,13,14)(H,15,16). The van der Waals surface area contributed by atoms with Crippen LogP contribution in [-0.2, 0) is 14.3 Å². The number of hydrogen-bond acceptors (Lipinski definition) is 4. The van der Waals surface area contributed by atoms with Gasteiger partial charge in [0.15, 0.2) is 0 Å². The molecule has 18 heavy (non-hydrogen) atoms. The van der Waals surface area contributed by atoms with Gasteiger partial charge in [0, 0.05) is 5.69 Å². The van der Waals surface area contributed by atoms with E-state index in [0.29, 0.717) is 16.5 Å². The number of rotatable bonds is 6. The van der Waals surface area contributed by atoms with Crippen LogP contribution in [0.3, 0.4) is 0 Å². The molecule has 0 aliphatic rings. The van der Waals surface area contributed by atoms with Gasteiger partial charge in [0.25, 0.3) is 0 Å². The number of carbonyl (C=O) groups is 2. The summed E-state index contributed by atoms with van der Waals surface area (Å²) in [5.41, 5.74) is 0.477. The van der Waals surface area contributed by atoms with Gasteiger partial charge in [-0.1, -0.05) is 11.6 Å². The van der Waals surface area contributed by atoms with Crippen LogP contribution in [0.4, 0.5) is 5.69 Å². The van der Waals surface area contributed by atoms with Gasteiger partial charge in [-0.15, -0.1) is 0 Å². The highest BCUT2D eigenvalue weighted by molar-refractivity contribution is 6.32. The highest BCUT2D eigenvalue weighted by atomic mass is 35.5. The van der Waals surface area contributed by atoms with Gasteiger partial charge in [-0.2, -0.15) is 0 Å². The maximum Gasteiger partial charge on any atom is 0.329 e. The van der Waals surface area contributed by atoms with Crippen molar-refractivity contribution in [1.29, 1.82) is 0 Å². The number of halogens is 1. The quantitative estimate of drug-likeness (QED) is 0.818. The van der Waals surface area contributed by atoms with Gasteiger partial charge < -0.3 is 19.9 Å². The van der Waals surface area contributed by atoms with Crippen LogP contribution in [0.1, 0.15) is 0 Å². The molecule has 1 amide bonds. The molecular formula is C11H12ClNO5. The van der Waals surface area contributed by atoms with Crippen molar-refractivity contribution >= 4 is 29.2 Å². The summed E-state index contributed by atoms with van der Waals surface area (Å²) in [7, 11) is 1.49. The molecule has 0 saturated carbocycles. The number of methoxy groups -OCH3 is 1. The van der Waals surface area contributed by atoms with E-state index >= 15 is 0 Å². The van der Waals surface area contributed by atoms with E-state index in [2.05, 4.69) is 10.1 Å². The first-order valence-corrected chi connectivity index (χ1v) is 5.33. The largest absolute Gasteiger partial charge is 0.495 e. The Morgan fingerprint density at radius 2 is 2.11 bits per heavy atom. The van der Waals surface area contributed by atoms with Crippen molar-refractivity contribution in [2.45, 2.75) is 0 Å². The third-order valence-electron chi connectivity index (χ3n) is 1.89. The number of ether oxygens (including phenoxy) is 2. The van der Waals surface area contributed by atoms with E-state index in [4.69, 9.17) is 21.4 Å². The van der Waals surface area contributed by atoms with Crippen LogP contribution in [0.5, 0.6) is 5.75 Å². The zero-order chi connectivity index (χ0) is 13.5. The van der Waals surface area contributed by atoms with E-state index in [1.54, 1.807) is 12.1 Å². The topological polar surface area (TPSA) is 84.9 Å². The fraction of sp³-hybridized carbons (Fsp3) is 0.273. The lowest BCUT2D eigenvalue weighted by molar-refractivity contribution is -0.143. The molecule has 0 bridgehead atoms. The molecule has 98 valence electrons. The molecule has 0 aliphatic carbocycles. The van der Waals surface area contributed by atoms with Crippen molar-refractivity contribution in [3.05, 3.63) is 23.2 Å². The first kappa shape index (κ1) is 14.3. The predicted molar refractivity (Wildman–Crippen MR) is 65.1 cm³/mol. The summed E-state index contributed by atoms with van der Waals surface area (Å²) < 4.78 is 9.60. The Balaban J connectivity index is 2.49. The first-order valence-electron chi connectivity index (χ1n) is 4.96. The summed E-state index contributed by atoms with van der Waals surface area (Å²) >= 11 is 5.87. The number of aliphatic carboxylic acids is 1. The van der Waals surface area contributed by atoms with E-state index in [1.807, 2.05) is 0 Å². The number of carboxylic acids is 1. The maximum atomic E-state index is 11.4. The van der Waals surface area contributed by atoms with Crippen molar-refractivity contribution in [2.75, 3.05) is 25.6 Å². The number of carboxylic acid groups (broad SMARTS) is 1. The van der Waals surface area contributed by atoms with Gasteiger partial charge in [0.1, 0.15) is 19.0 Å². The second kappa shape index (κ2) is 6.83. The van der Waals surface area contributed by atoms with Crippen LogP contribution >= 0.6 is 11.6 Å². The normalized spacial score (nSPS) is 9.89. The predicted octanol–water partition coefficient (Wildman–Crippen LogP) is 1.39. The minimum absolute atomic E-state index is 0.337. The zero-order valence-corrected chi connectivity index (χ0v) is 10.4. The van der Waals surface area contributed by atoms with Gasteiger partial charge in [0.2, 0.25) is 5.91 Å². The van der Waals surface area contributed by atoms with Crippen LogP contribution in [-0.4, -0.2) is 37.3 Å². The van der Waals surface area contributed by atoms with E-state index in [-0.39, 0.29) is 6.61 Å². The molecule has 0 atom stereocenters. The Morgan fingerprint density at radius 1 is 1.39 bits per heavy atom. The summed E-state index contributed by atoms with van der Waals surface area (Å²) in [5, 5.41) is 11.2. The number of hydrogen-bond donors (Lipinski definition) is 2. The number of amides is 1. The highest BCUT2D eigenvalue weighted by Gasteiger charge is 2.06. The molecule has 0 spiro atoms. The minimum atomic E-state index is -1.13. The van der Waals surface area contributed by atoms with Gasteiger partial charge in [-0.05, 0) is 18.2 Å². The Morgan fingerprint density at radius 3 is 2.67 bits per heavy atom. The van der Waals surface area contributed by atoms with Crippen LogP contribution < -0.4 is 10.1 Å². The molecule has 0 fully saturated rings. The van der Waals surface area contributed by atoms with E-state index in [0.717, 1.165) is 0 Å². The van der Waals surface area contributed by atoms with Crippen molar-refractivity contribution in [2.24, 2.45) is 0 Å². The Kier molecular flexibility index (Phi) is 5.41. The molecule has 1 rings (SSSR count). The zero-order valence-electron chi connectivity index (χ0n) is 9.60. The summed E-state index contributed by atoms with van der Waals surface area (Å²) in [6, 6.07) is 4.74. The average molecular weight is 274 g/mol. The lowest BCUT2D eigenvalue weighted by Crippen LogP contribution is -2.20. The molecule has 7 heteroatoms. The van der Waals surface area contributed by atoms with E-state index < -0.39 is 18.5 Å². The van der Waals surface area contributed by atoms with Gasteiger partial charge in [-0.3, -0.25) is 4.79 Å². The molecular weight excluding hydrogens is 262 g/mol.